The van der Waals surface area contributed by atoms with Crippen LogP contribution in [-0.2, 0) is 11.2 Å². The molecule has 0 aromatic carbocycles. The van der Waals surface area contributed by atoms with Crippen molar-refractivity contribution in [1.29, 1.82) is 0 Å². The molecule has 0 saturated carbocycles. The van der Waals surface area contributed by atoms with E-state index < -0.39 is 0 Å². The van der Waals surface area contributed by atoms with E-state index in [1.165, 1.54) is 5.56 Å². The molecule has 1 atom stereocenters. The Morgan fingerprint density at radius 1 is 1.64 bits per heavy atom. The molecule has 1 aromatic rings. The lowest BCUT2D eigenvalue weighted by Gasteiger charge is -1.96. The number of hydrogen-bond acceptors (Lipinski definition) is 2. The molecule has 1 fully saturated rings. The molecule has 58 valence electrons. The molecule has 1 aliphatic rings. The van der Waals surface area contributed by atoms with Gasteiger partial charge in [-0.05, 0) is 18.1 Å². The van der Waals surface area contributed by atoms with Gasteiger partial charge in [0.05, 0.1) is 12.3 Å². The first-order valence-electron chi connectivity index (χ1n) is 3.96. The summed E-state index contributed by atoms with van der Waals surface area (Å²) >= 11 is 0. The molecule has 0 N–H and O–H groups in total. The van der Waals surface area contributed by atoms with Crippen LogP contribution in [0.1, 0.15) is 24.3 Å². The standard InChI is InChI=1S/C9H11NO/c1-2-7-3-4-8(10-5-7)9-6-11-9/h3-5,9H,2,6H2,1H3. The summed E-state index contributed by atoms with van der Waals surface area (Å²) in [5, 5.41) is 0. The van der Waals surface area contributed by atoms with Crippen molar-refractivity contribution in [2.75, 3.05) is 6.61 Å². The number of ether oxygens (including phenoxy) is 1. The average molecular weight is 149 g/mol. The third-order valence-corrected chi connectivity index (χ3v) is 1.92. The van der Waals surface area contributed by atoms with Gasteiger partial charge in [-0.25, -0.2) is 0 Å². The fourth-order valence-corrected chi connectivity index (χ4v) is 1.05. The zero-order valence-corrected chi connectivity index (χ0v) is 6.58. The van der Waals surface area contributed by atoms with Crippen molar-refractivity contribution in [1.82, 2.24) is 4.98 Å². The van der Waals surface area contributed by atoms with Crippen LogP contribution in [0, 0.1) is 0 Å². The molecule has 0 radical (unpaired) electrons. The molecule has 1 saturated heterocycles. The highest BCUT2D eigenvalue weighted by atomic mass is 16.6. The van der Waals surface area contributed by atoms with Gasteiger partial charge in [-0.3, -0.25) is 4.98 Å². The fraction of sp³-hybridized carbons (Fsp3) is 0.444. The van der Waals surface area contributed by atoms with E-state index in [0.717, 1.165) is 18.7 Å². The molecular formula is C9H11NO. The van der Waals surface area contributed by atoms with Gasteiger partial charge >= 0.3 is 0 Å². The minimum Gasteiger partial charge on any atom is -0.366 e. The van der Waals surface area contributed by atoms with E-state index in [1.54, 1.807) is 0 Å². The van der Waals surface area contributed by atoms with Crippen LogP contribution in [0.3, 0.4) is 0 Å². The van der Waals surface area contributed by atoms with Gasteiger partial charge in [0.15, 0.2) is 0 Å². The predicted octanol–water partition coefficient (Wildman–Crippen LogP) is 1.72. The van der Waals surface area contributed by atoms with Crippen LogP contribution in [0.25, 0.3) is 0 Å². The quantitative estimate of drug-likeness (QED) is 0.598. The maximum atomic E-state index is 5.11. The van der Waals surface area contributed by atoms with Crippen LogP contribution in [0.15, 0.2) is 18.3 Å². The first-order valence-corrected chi connectivity index (χ1v) is 3.96. The number of aromatic nitrogens is 1. The van der Waals surface area contributed by atoms with Gasteiger partial charge < -0.3 is 4.74 Å². The van der Waals surface area contributed by atoms with E-state index in [9.17, 15) is 0 Å². The molecule has 1 unspecified atom stereocenters. The third-order valence-electron chi connectivity index (χ3n) is 1.92. The van der Waals surface area contributed by atoms with Gasteiger partial charge in [-0.2, -0.15) is 0 Å². The minimum atomic E-state index is 0.293. The molecule has 0 amide bonds. The molecule has 1 aromatic heterocycles. The van der Waals surface area contributed by atoms with Gasteiger partial charge in [-0.15, -0.1) is 0 Å². The van der Waals surface area contributed by atoms with E-state index in [1.807, 2.05) is 6.20 Å². The van der Waals surface area contributed by atoms with E-state index in [2.05, 4.69) is 24.0 Å². The van der Waals surface area contributed by atoms with E-state index in [-0.39, 0.29) is 0 Å². The summed E-state index contributed by atoms with van der Waals surface area (Å²) in [4.78, 5) is 4.29. The summed E-state index contributed by atoms with van der Waals surface area (Å²) in [7, 11) is 0. The lowest BCUT2D eigenvalue weighted by molar-refractivity contribution is 0.411. The summed E-state index contributed by atoms with van der Waals surface area (Å²) < 4.78 is 5.11. The van der Waals surface area contributed by atoms with E-state index in [4.69, 9.17) is 4.74 Å². The van der Waals surface area contributed by atoms with Gasteiger partial charge in [0.25, 0.3) is 0 Å². The normalized spacial score (nSPS) is 21.7. The second-order valence-electron chi connectivity index (χ2n) is 2.77. The number of aryl methyl sites for hydroxylation is 1. The topological polar surface area (TPSA) is 25.4 Å². The number of epoxide rings is 1. The summed E-state index contributed by atoms with van der Waals surface area (Å²) in [6, 6.07) is 4.17. The fourth-order valence-electron chi connectivity index (χ4n) is 1.05. The molecular weight excluding hydrogens is 138 g/mol. The molecule has 0 aliphatic carbocycles. The SMILES string of the molecule is CCc1ccc(C2CO2)nc1. The van der Waals surface area contributed by atoms with Crippen molar-refractivity contribution in [3.05, 3.63) is 29.6 Å². The summed E-state index contributed by atoms with van der Waals surface area (Å²) in [5.74, 6) is 0. The predicted molar refractivity (Wildman–Crippen MR) is 42.3 cm³/mol. The molecule has 2 rings (SSSR count). The van der Waals surface area contributed by atoms with Crippen molar-refractivity contribution < 1.29 is 4.74 Å². The van der Waals surface area contributed by atoms with Crippen LogP contribution in [0.5, 0.6) is 0 Å². The average Bonchev–Trinajstić information content (AvgIpc) is 2.87. The zero-order valence-electron chi connectivity index (χ0n) is 6.58. The van der Waals surface area contributed by atoms with Gasteiger partial charge in [-0.1, -0.05) is 13.0 Å². The molecule has 2 heteroatoms. The Balaban J connectivity index is 2.19. The molecule has 0 bridgehead atoms. The van der Waals surface area contributed by atoms with Gasteiger partial charge in [0.2, 0.25) is 0 Å². The monoisotopic (exact) mass is 149 g/mol. The zero-order chi connectivity index (χ0) is 7.68. The Hall–Kier alpha value is -0.890. The summed E-state index contributed by atoms with van der Waals surface area (Å²) in [6.45, 7) is 2.97. The Morgan fingerprint density at radius 2 is 2.45 bits per heavy atom. The largest absolute Gasteiger partial charge is 0.366 e. The van der Waals surface area contributed by atoms with Crippen LogP contribution in [-0.4, -0.2) is 11.6 Å². The highest BCUT2D eigenvalue weighted by Gasteiger charge is 2.25. The number of pyridine rings is 1. The lowest BCUT2D eigenvalue weighted by Crippen LogP contribution is -1.88. The molecule has 2 heterocycles. The second-order valence-corrected chi connectivity index (χ2v) is 2.77. The molecule has 0 spiro atoms. The molecule has 11 heavy (non-hydrogen) atoms. The van der Waals surface area contributed by atoms with Gasteiger partial charge in [0.1, 0.15) is 6.10 Å². The van der Waals surface area contributed by atoms with Crippen molar-refractivity contribution >= 4 is 0 Å². The number of hydrogen-bond donors (Lipinski definition) is 0. The van der Waals surface area contributed by atoms with Crippen molar-refractivity contribution in [2.45, 2.75) is 19.4 Å². The van der Waals surface area contributed by atoms with Crippen LogP contribution in [0.2, 0.25) is 0 Å². The highest BCUT2D eigenvalue weighted by molar-refractivity contribution is 5.17. The van der Waals surface area contributed by atoms with E-state index >= 15 is 0 Å². The second kappa shape index (κ2) is 2.62. The Labute approximate surface area is 66.2 Å². The lowest BCUT2D eigenvalue weighted by atomic mass is 10.2. The maximum absolute atomic E-state index is 5.11. The minimum absolute atomic E-state index is 0.293. The molecule has 1 aliphatic heterocycles. The van der Waals surface area contributed by atoms with Crippen LogP contribution >= 0.6 is 0 Å². The Kier molecular flexibility index (Phi) is 1.62. The first-order chi connectivity index (χ1) is 5.40. The Morgan fingerprint density at radius 3 is 2.91 bits per heavy atom. The highest BCUT2D eigenvalue weighted by Crippen LogP contribution is 2.27. The smallest absolute Gasteiger partial charge is 0.123 e. The number of nitrogens with zero attached hydrogens (tertiary/aromatic N) is 1. The summed E-state index contributed by atoms with van der Waals surface area (Å²) in [5.41, 5.74) is 2.36. The van der Waals surface area contributed by atoms with Crippen molar-refractivity contribution in [3.63, 3.8) is 0 Å². The first kappa shape index (κ1) is 6.80. The van der Waals surface area contributed by atoms with Crippen molar-refractivity contribution in [2.24, 2.45) is 0 Å². The van der Waals surface area contributed by atoms with Crippen molar-refractivity contribution in [3.8, 4) is 0 Å². The third kappa shape index (κ3) is 1.40. The Bertz CT molecular complexity index is 238. The van der Waals surface area contributed by atoms with Crippen LogP contribution < -0.4 is 0 Å². The molecule has 2 nitrogen and oxygen atoms in total. The summed E-state index contributed by atoms with van der Waals surface area (Å²) in [6.07, 6.45) is 3.27. The van der Waals surface area contributed by atoms with Crippen LogP contribution in [0.4, 0.5) is 0 Å². The maximum Gasteiger partial charge on any atom is 0.123 e. The van der Waals surface area contributed by atoms with Gasteiger partial charge in [0, 0.05) is 6.20 Å². The van der Waals surface area contributed by atoms with E-state index in [0.29, 0.717) is 6.10 Å². The number of rotatable bonds is 2.